The molecule has 0 saturated carbocycles. The standard InChI is InChI=1S/C21H24N6O2S/c1-26(2)21(29)17-11-23-25-19(17)15-6-4-8-27(12-15)18(28)9-16-13-30-20(24-16)14-5-3-7-22-10-14/h3,5,7,10-11,13,15H,4,6,8-9,12H2,1-2H3,(H,23,25). The van der Waals surface area contributed by atoms with Crippen LogP contribution in [0, 0.1) is 0 Å². The Morgan fingerprint density at radius 2 is 2.20 bits per heavy atom. The van der Waals surface area contributed by atoms with Crippen LogP contribution in [0.2, 0.25) is 0 Å². The van der Waals surface area contributed by atoms with Crippen LogP contribution in [0.3, 0.4) is 0 Å². The molecule has 30 heavy (non-hydrogen) atoms. The van der Waals surface area contributed by atoms with Crippen LogP contribution in [0.15, 0.2) is 36.1 Å². The fourth-order valence-corrected chi connectivity index (χ4v) is 4.55. The maximum atomic E-state index is 12.9. The van der Waals surface area contributed by atoms with Crippen LogP contribution >= 0.6 is 11.3 Å². The van der Waals surface area contributed by atoms with Crippen molar-refractivity contribution in [3.63, 3.8) is 0 Å². The Balaban J connectivity index is 1.43. The van der Waals surface area contributed by atoms with Gasteiger partial charge in [0.05, 0.1) is 29.6 Å². The highest BCUT2D eigenvalue weighted by Gasteiger charge is 2.29. The Morgan fingerprint density at radius 1 is 1.33 bits per heavy atom. The highest BCUT2D eigenvalue weighted by molar-refractivity contribution is 7.13. The Morgan fingerprint density at radius 3 is 2.97 bits per heavy atom. The second kappa shape index (κ2) is 8.74. The summed E-state index contributed by atoms with van der Waals surface area (Å²) in [5.41, 5.74) is 3.13. The summed E-state index contributed by atoms with van der Waals surface area (Å²) in [7, 11) is 3.45. The van der Waals surface area contributed by atoms with Crippen molar-refractivity contribution in [3.05, 3.63) is 53.1 Å². The molecule has 4 rings (SSSR count). The number of piperidine rings is 1. The van der Waals surface area contributed by atoms with E-state index in [0.717, 1.165) is 41.3 Å². The van der Waals surface area contributed by atoms with E-state index in [-0.39, 0.29) is 24.2 Å². The van der Waals surface area contributed by atoms with Gasteiger partial charge in [0.2, 0.25) is 5.91 Å². The molecule has 3 aromatic rings. The summed E-state index contributed by atoms with van der Waals surface area (Å²) in [5, 5.41) is 9.87. The number of rotatable bonds is 5. The van der Waals surface area contributed by atoms with E-state index in [1.165, 1.54) is 11.3 Å². The summed E-state index contributed by atoms with van der Waals surface area (Å²) in [4.78, 5) is 37.5. The van der Waals surface area contributed by atoms with Crippen molar-refractivity contribution in [3.8, 4) is 10.6 Å². The minimum atomic E-state index is -0.0763. The Hall–Kier alpha value is -3.07. The van der Waals surface area contributed by atoms with Crippen LogP contribution in [-0.4, -0.2) is 69.0 Å². The monoisotopic (exact) mass is 424 g/mol. The number of amides is 2. The number of hydrogen-bond acceptors (Lipinski definition) is 6. The first-order valence-electron chi connectivity index (χ1n) is 9.90. The number of aromatic nitrogens is 4. The quantitative estimate of drug-likeness (QED) is 0.679. The molecule has 0 aromatic carbocycles. The summed E-state index contributed by atoms with van der Waals surface area (Å²) in [6.45, 7) is 1.30. The fourth-order valence-electron chi connectivity index (χ4n) is 3.73. The molecule has 1 fully saturated rings. The molecule has 1 unspecified atom stereocenters. The molecule has 156 valence electrons. The zero-order valence-electron chi connectivity index (χ0n) is 17.0. The highest BCUT2D eigenvalue weighted by Crippen LogP contribution is 2.29. The molecule has 1 aliphatic heterocycles. The third kappa shape index (κ3) is 4.25. The lowest BCUT2D eigenvalue weighted by atomic mass is 9.92. The molecule has 8 nitrogen and oxygen atoms in total. The molecular weight excluding hydrogens is 400 g/mol. The Labute approximate surface area is 179 Å². The van der Waals surface area contributed by atoms with Crippen LogP contribution in [-0.2, 0) is 11.2 Å². The summed E-state index contributed by atoms with van der Waals surface area (Å²) in [6, 6.07) is 3.84. The van der Waals surface area contributed by atoms with Crippen molar-refractivity contribution in [1.29, 1.82) is 0 Å². The van der Waals surface area contributed by atoms with E-state index in [0.29, 0.717) is 12.1 Å². The number of nitrogens with zero attached hydrogens (tertiary/aromatic N) is 5. The van der Waals surface area contributed by atoms with E-state index in [2.05, 4.69) is 20.2 Å². The molecule has 0 bridgehead atoms. The molecule has 0 radical (unpaired) electrons. The van der Waals surface area contributed by atoms with E-state index in [4.69, 9.17) is 0 Å². The van der Waals surface area contributed by atoms with Crippen LogP contribution < -0.4 is 0 Å². The number of likely N-dealkylation sites (tertiary alicyclic amines) is 1. The van der Waals surface area contributed by atoms with Gasteiger partial charge in [-0.2, -0.15) is 5.10 Å². The van der Waals surface area contributed by atoms with Gasteiger partial charge in [0, 0.05) is 56.4 Å². The average Bonchev–Trinajstić information content (AvgIpc) is 3.43. The normalized spacial score (nSPS) is 16.5. The SMILES string of the molecule is CN(C)C(=O)c1cn[nH]c1C1CCCN(C(=O)Cc2csc(-c3cccnc3)n2)C1. The number of nitrogens with one attached hydrogen (secondary N) is 1. The molecule has 4 heterocycles. The van der Waals surface area contributed by atoms with Crippen molar-refractivity contribution < 1.29 is 9.59 Å². The maximum absolute atomic E-state index is 12.9. The summed E-state index contributed by atoms with van der Waals surface area (Å²) in [6.07, 6.45) is 7.16. The van der Waals surface area contributed by atoms with E-state index < -0.39 is 0 Å². The average molecular weight is 425 g/mol. The van der Waals surface area contributed by atoms with Crippen molar-refractivity contribution in [2.75, 3.05) is 27.2 Å². The number of carbonyl (C=O) groups is 2. The van der Waals surface area contributed by atoms with Crippen molar-refractivity contribution in [1.82, 2.24) is 30.0 Å². The zero-order chi connectivity index (χ0) is 21.1. The molecule has 0 spiro atoms. The molecule has 1 saturated heterocycles. The Kier molecular flexibility index (Phi) is 5.89. The third-order valence-electron chi connectivity index (χ3n) is 5.28. The molecule has 9 heteroatoms. The molecular formula is C21H24N6O2S. The van der Waals surface area contributed by atoms with Gasteiger partial charge in [-0.25, -0.2) is 4.98 Å². The predicted molar refractivity (Wildman–Crippen MR) is 114 cm³/mol. The lowest BCUT2D eigenvalue weighted by Crippen LogP contribution is -2.40. The third-order valence-corrected chi connectivity index (χ3v) is 6.22. The smallest absolute Gasteiger partial charge is 0.256 e. The molecule has 1 N–H and O–H groups in total. The lowest BCUT2D eigenvalue weighted by Gasteiger charge is -2.32. The number of H-pyrrole nitrogens is 1. The van der Waals surface area contributed by atoms with Crippen LogP contribution in [0.25, 0.3) is 10.6 Å². The van der Waals surface area contributed by atoms with E-state index in [9.17, 15) is 9.59 Å². The molecule has 1 aliphatic rings. The van der Waals surface area contributed by atoms with Crippen LogP contribution in [0.1, 0.15) is 40.5 Å². The predicted octanol–water partition coefficient (Wildman–Crippen LogP) is 2.58. The number of pyridine rings is 1. The fraction of sp³-hybridized carbons (Fsp3) is 0.381. The minimum absolute atomic E-state index is 0.0581. The maximum Gasteiger partial charge on any atom is 0.256 e. The number of hydrogen-bond donors (Lipinski definition) is 1. The van der Waals surface area contributed by atoms with Gasteiger partial charge < -0.3 is 9.80 Å². The van der Waals surface area contributed by atoms with Gasteiger partial charge in [0.1, 0.15) is 5.01 Å². The topological polar surface area (TPSA) is 95.1 Å². The second-order valence-corrected chi connectivity index (χ2v) is 8.50. The first-order chi connectivity index (χ1) is 14.5. The first kappa shape index (κ1) is 20.2. The lowest BCUT2D eigenvalue weighted by molar-refractivity contribution is -0.131. The summed E-state index contributed by atoms with van der Waals surface area (Å²) < 4.78 is 0. The van der Waals surface area contributed by atoms with E-state index >= 15 is 0 Å². The van der Waals surface area contributed by atoms with Gasteiger partial charge >= 0.3 is 0 Å². The summed E-state index contributed by atoms with van der Waals surface area (Å²) >= 11 is 1.52. The first-order valence-corrected chi connectivity index (χ1v) is 10.8. The van der Waals surface area contributed by atoms with E-state index in [1.807, 2.05) is 22.4 Å². The molecule has 2 amide bonds. The summed E-state index contributed by atoms with van der Waals surface area (Å²) in [5.74, 6) is 0.0563. The highest BCUT2D eigenvalue weighted by atomic mass is 32.1. The van der Waals surface area contributed by atoms with Gasteiger partial charge in [-0.05, 0) is 25.0 Å². The number of aromatic amines is 1. The number of thiazole rings is 1. The largest absolute Gasteiger partial charge is 0.345 e. The van der Waals surface area contributed by atoms with Crippen molar-refractivity contribution in [2.24, 2.45) is 0 Å². The second-order valence-electron chi connectivity index (χ2n) is 7.64. The van der Waals surface area contributed by atoms with E-state index in [1.54, 1.807) is 37.6 Å². The van der Waals surface area contributed by atoms with Crippen molar-refractivity contribution in [2.45, 2.75) is 25.2 Å². The van der Waals surface area contributed by atoms with Crippen molar-refractivity contribution >= 4 is 23.2 Å². The molecule has 0 aliphatic carbocycles. The number of carbonyl (C=O) groups excluding carboxylic acids is 2. The van der Waals surface area contributed by atoms with Crippen LogP contribution in [0.4, 0.5) is 0 Å². The Bertz CT molecular complexity index is 1030. The van der Waals surface area contributed by atoms with Gasteiger partial charge in [-0.3, -0.25) is 19.7 Å². The van der Waals surface area contributed by atoms with Crippen LogP contribution in [0.5, 0.6) is 0 Å². The molecule has 1 atom stereocenters. The zero-order valence-corrected chi connectivity index (χ0v) is 17.9. The van der Waals surface area contributed by atoms with Gasteiger partial charge in [-0.1, -0.05) is 0 Å². The van der Waals surface area contributed by atoms with Gasteiger partial charge in [0.25, 0.3) is 5.91 Å². The molecule has 3 aromatic heterocycles. The minimum Gasteiger partial charge on any atom is -0.345 e. The van der Waals surface area contributed by atoms with Gasteiger partial charge in [-0.15, -0.1) is 11.3 Å². The van der Waals surface area contributed by atoms with Gasteiger partial charge in [0.15, 0.2) is 0 Å².